The maximum Gasteiger partial charge on any atom is 0.351 e. The summed E-state index contributed by atoms with van der Waals surface area (Å²) in [4.78, 5) is 45.6. The molecule has 0 unspecified atom stereocenters. The number of H-pyrrole nitrogens is 1. The predicted octanol–water partition coefficient (Wildman–Crippen LogP) is -1.44. The molecule has 2 aromatic heterocycles. The second kappa shape index (κ2) is 12.3. The molecule has 19 nitrogen and oxygen atoms in total. The smallest absolute Gasteiger partial charge is 0.351 e. The highest BCUT2D eigenvalue weighted by molar-refractivity contribution is 5.23. The predicted molar refractivity (Wildman–Crippen MR) is 127 cm³/mol. The molecule has 4 heterocycles. The Labute approximate surface area is 211 Å². The lowest BCUT2D eigenvalue weighted by molar-refractivity contribution is -0.0464. The number of ether oxygens (including phenoxy) is 2. The average molecular weight is 535 g/mol. The van der Waals surface area contributed by atoms with Gasteiger partial charge in [-0.15, -0.1) is 0 Å². The fourth-order valence-corrected chi connectivity index (χ4v) is 3.95. The first-order valence-electron chi connectivity index (χ1n) is 11.1. The Hall–Kier alpha value is -4.22. The molecule has 0 radical (unpaired) electrons. The van der Waals surface area contributed by atoms with E-state index in [4.69, 9.17) is 36.5 Å². The zero-order chi connectivity index (χ0) is 28.0. The van der Waals surface area contributed by atoms with Gasteiger partial charge in [0.25, 0.3) is 5.56 Å². The van der Waals surface area contributed by atoms with Crippen LogP contribution >= 0.6 is 0 Å². The van der Waals surface area contributed by atoms with Crippen molar-refractivity contribution in [3.8, 4) is 0 Å². The highest BCUT2D eigenvalue weighted by atomic mass is 16.5. The summed E-state index contributed by atoms with van der Waals surface area (Å²) in [5.74, 6) is 0.0406. The van der Waals surface area contributed by atoms with Crippen LogP contribution in [-0.4, -0.2) is 78.0 Å². The monoisotopic (exact) mass is 535 g/mol. The van der Waals surface area contributed by atoms with Gasteiger partial charge in [0, 0.05) is 34.2 Å². The van der Waals surface area contributed by atoms with Crippen molar-refractivity contribution in [2.24, 2.45) is 10.2 Å². The minimum atomic E-state index is -1.21. The number of aliphatic hydroxyl groups excluding tert-OH is 3. The Kier molecular flexibility index (Phi) is 9.21. The Morgan fingerprint density at radius 1 is 1.16 bits per heavy atom. The van der Waals surface area contributed by atoms with Gasteiger partial charge in [0.1, 0.15) is 30.4 Å². The van der Waals surface area contributed by atoms with Crippen molar-refractivity contribution in [3.63, 3.8) is 0 Å². The molecule has 0 bridgehead atoms. The Morgan fingerprint density at radius 3 is 2.45 bits per heavy atom. The molecule has 6 N–H and O–H groups in total. The second-order valence-electron chi connectivity index (χ2n) is 8.27. The van der Waals surface area contributed by atoms with Crippen LogP contribution in [0, 0.1) is 6.92 Å². The Morgan fingerprint density at radius 2 is 1.84 bits per heavy atom. The number of nitrogens with two attached hydrogens (primary N) is 1. The van der Waals surface area contributed by atoms with E-state index in [1.165, 1.54) is 23.0 Å². The fraction of sp³-hybridized carbons (Fsp3) is 0.579. The lowest BCUT2D eigenvalue weighted by atomic mass is 10.1. The molecule has 2 saturated heterocycles. The van der Waals surface area contributed by atoms with Crippen molar-refractivity contribution in [3.05, 3.63) is 76.2 Å². The molecule has 7 atom stereocenters. The number of nitrogen functional groups attached to an aromatic ring is 1. The molecular formula is C19H25N11O8. The second-order valence-corrected chi connectivity index (χ2v) is 8.27. The van der Waals surface area contributed by atoms with Crippen LogP contribution in [0.1, 0.15) is 24.4 Å². The van der Waals surface area contributed by atoms with E-state index < -0.39 is 66.4 Å². The number of nitrogens with one attached hydrogen (secondary N) is 1. The fourth-order valence-electron chi connectivity index (χ4n) is 3.95. The van der Waals surface area contributed by atoms with E-state index in [1.54, 1.807) is 6.92 Å². The van der Waals surface area contributed by atoms with Crippen LogP contribution in [0.15, 0.2) is 43.1 Å². The molecule has 0 aromatic carbocycles. The normalized spacial score (nSPS) is 28.1. The number of anilines is 1. The molecule has 204 valence electrons. The maximum absolute atomic E-state index is 11.7. The molecule has 0 amide bonds. The minimum absolute atomic E-state index is 0.0406. The van der Waals surface area contributed by atoms with Gasteiger partial charge in [0.05, 0.1) is 31.5 Å². The lowest BCUT2D eigenvalue weighted by Gasteiger charge is -2.17. The van der Waals surface area contributed by atoms with Gasteiger partial charge in [-0.2, -0.15) is 4.98 Å². The molecular weight excluding hydrogens is 510 g/mol. The largest absolute Gasteiger partial charge is 0.394 e. The van der Waals surface area contributed by atoms with Crippen molar-refractivity contribution < 1.29 is 24.8 Å². The van der Waals surface area contributed by atoms with Crippen molar-refractivity contribution >= 4 is 5.82 Å². The molecule has 2 aliphatic rings. The van der Waals surface area contributed by atoms with Gasteiger partial charge < -0.3 is 30.5 Å². The summed E-state index contributed by atoms with van der Waals surface area (Å²) >= 11 is 0. The van der Waals surface area contributed by atoms with E-state index in [0.29, 0.717) is 5.56 Å². The number of rotatable bonds is 6. The summed E-state index contributed by atoms with van der Waals surface area (Å²) in [5.41, 5.74) is 20.9. The molecule has 2 aliphatic heterocycles. The number of azide groups is 2. The molecule has 2 aromatic rings. The molecule has 19 heteroatoms. The number of hydrogen-bond donors (Lipinski definition) is 5. The summed E-state index contributed by atoms with van der Waals surface area (Å²) in [5, 5.41) is 35.0. The average Bonchev–Trinajstić information content (AvgIpc) is 3.43. The van der Waals surface area contributed by atoms with Crippen LogP contribution in [0.25, 0.3) is 20.9 Å². The van der Waals surface area contributed by atoms with Crippen LogP contribution < -0.4 is 22.7 Å². The number of aromatic amines is 1. The van der Waals surface area contributed by atoms with Crippen LogP contribution in [0.2, 0.25) is 0 Å². The van der Waals surface area contributed by atoms with Crippen molar-refractivity contribution in [1.82, 2.24) is 19.1 Å². The van der Waals surface area contributed by atoms with Crippen molar-refractivity contribution in [2.75, 3.05) is 18.9 Å². The van der Waals surface area contributed by atoms with Crippen LogP contribution in [0.3, 0.4) is 0 Å². The number of hydrogen-bond acceptors (Lipinski definition) is 12. The minimum Gasteiger partial charge on any atom is -0.394 e. The van der Waals surface area contributed by atoms with Crippen LogP contribution in [0.5, 0.6) is 0 Å². The Balaban J connectivity index is 0.000000211. The zero-order valence-corrected chi connectivity index (χ0v) is 19.9. The quantitative estimate of drug-likeness (QED) is 0.163. The number of aryl methyl sites for hydroxylation is 1. The van der Waals surface area contributed by atoms with Gasteiger partial charge in [0.2, 0.25) is 0 Å². The third-order valence-electron chi connectivity index (χ3n) is 5.87. The number of aromatic nitrogens is 4. The zero-order valence-electron chi connectivity index (χ0n) is 19.9. The molecule has 38 heavy (non-hydrogen) atoms. The number of nitrogens with zero attached hydrogens (tertiary/aromatic N) is 9. The molecule has 0 saturated carbocycles. The summed E-state index contributed by atoms with van der Waals surface area (Å²) in [7, 11) is 0. The SMILES string of the molecule is Cc1cn([C@H]2C[C@H](N=[N+]=[N-])[C@@H](CO)O2)c(=O)[nH]c1=O.[N-]=[N+]=N[C@@H]1[C@H](O)[C@@H](CO)O[C@H]1n1ccc(N)nc1=O. The topological polar surface area (TPSA) is 292 Å². The molecule has 4 rings (SSSR count). The van der Waals surface area contributed by atoms with Crippen molar-refractivity contribution in [2.45, 2.75) is 56.2 Å². The first kappa shape index (κ1) is 28.4. The third-order valence-corrected chi connectivity index (χ3v) is 5.87. The molecule has 0 spiro atoms. The first-order chi connectivity index (χ1) is 18.1. The molecule has 2 fully saturated rings. The highest BCUT2D eigenvalue weighted by Gasteiger charge is 2.44. The van der Waals surface area contributed by atoms with E-state index in [0.717, 1.165) is 4.57 Å². The summed E-state index contributed by atoms with van der Waals surface area (Å²) in [6, 6.07) is -0.208. The standard InChI is InChI=1S/C10H13N5O4.C9H12N6O4/c1-5-3-15(10(18)12-9(5)17)8-2-6(13-14-11)7(4-16)19-8;10-5-1-2-15(9(18)12-5)8-6(13-14-11)7(17)4(3-16)19-8/h3,6-8,16H,2,4H2,1H3,(H,12,17,18);1-2,4,6-8,16-17H,3H2,(H2,10,12,18)/t6-,7+,8+;4-,6-,7-,8-/m01/s1. The summed E-state index contributed by atoms with van der Waals surface area (Å²) < 4.78 is 13.1. The van der Waals surface area contributed by atoms with Gasteiger partial charge in [-0.05, 0) is 24.1 Å². The number of aliphatic hydroxyl groups is 3. The third kappa shape index (κ3) is 6.01. The molecule has 0 aliphatic carbocycles. The highest BCUT2D eigenvalue weighted by Crippen LogP contribution is 2.31. The Bertz CT molecular complexity index is 1410. The summed E-state index contributed by atoms with van der Waals surface area (Å²) in [6.07, 6.45) is -1.54. The van der Waals surface area contributed by atoms with Gasteiger partial charge in [-0.1, -0.05) is 10.2 Å². The van der Waals surface area contributed by atoms with Gasteiger partial charge in [0.15, 0.2) is 0 Å². The van der Waals surface area contributed by atoms with E-state index in [-0.39, 0.29) is 18.8 Å². The first-order valence-corrected chi connectivity index (χ1v) is 11.1. The van der Waals surface area contributed by atoms with Gasteiger partial charge >= 0.3 is 11.4 Å². The van der Waals surface area contributed by atoms with Gasteiger partial charge in [-0.3, -0.25) is 18.9 Å². The van der Waals surface area contributed by atoms with E-state index >= 15 is 0 Å². The van der Waals surface area contributed by atoms with E-state index in [1.807, 2.05) is 0 Å². The lowest BCUT2D eigenvalue weighted by Crippen LogP contribution is -2.34. The maximum atomic E-state index is 11.7. The van der Waals surface area contributed by atoms with E-state index in [9.17, 15) is 19.5 Å². The van der Waals surface area contributed by atoms with E-state index in [2.05, 4.69) is 30.0 Å². The summed E-state index contributed by atoms with van der Waals surface area (Å²) in [6.45, 7) is 0.793. The van der Waals surface area contributed by atoms with Crippen LogP contribution in [0.4, 0.5) is 5.82 Å². The van der Waals surface area contributed by atoms with Gasteiger partial charge in [-0.25, -0.2) is 9.59 Å². The van der Waals surface area contributed by atoms with Crippen LogP contribution in [-0.2, 0) is 9.47 Å². The van der Waals surface area contributed by atoms with Crippen molar-refractivity contribution in [1.29, 1.82) is 0 Å².